The van der Waals surface area contributed by atoms with E-state index in [2.05, 4.69) is 10.7 Å². The number of carbonyl (C=O) groups is 2. The molecule has 1 rings (SSSR count). The summed E-state index contributed by atoms with van der Waals surface area (Å²) in [7, 11) is 0. The number of hydrogen-bond acceptors (Lipinski definition) is 5. The van der Waals surface area contributed by atoms with Gasteiger partial charge in [0.15, 0.2) is 0 Å². The van der Waals surface area contributed by atoms with Gasteiger partial charge in [0, 0.05) is 12.6 Å². The number of carbonyl (C=O) groups excluding carboxylic acids is 2. The summed E-state index contributed by atoms with van der Waals surface area (Å²) < 4.78 is 5.26. The monoisotopic (exact) mass is 244 g/mol. The van der Waals surface area contributed by atoms with Crippen LogP contribution in [-0.2, 0) is 14.3 Å². The summed E-state index contributed by atoms with van der Waals surface area (Å²) in [6, 6.07) is -0.363. The van der Waals surface area contributed by atoms with E-state index >= 15 is 0 Å². The Kier molecular flexibility index (Phi) is 5.33. The van der Waals surface area contributed by atoms with Crippen LogP contribution in [0.1, 0.15) is 13.8 Å². The molecule has 1 aliphatic heterocycles. The first-order valence-electron chi connectivity index (χ1n) is 5.66. The summed E-state index contributed by atoms with van der Waals surface area (Å²) >= 11 is 0. The highest BCUT2D eigenvalue weighted by Crippen LogP contribution is 2.07. The van der Waals surface area contributed by atoms with Crippen LogP contribution in [0.2, 0.25) is 0 Å². The zero-order valence-electron chi connectivity index (χ0n) is 10.2. The highest BCUT2D eigenvalue weighted by molar-refractivity contribution is 5.84. The van der Waals surface area contributed by atoms with Crippen LogP contribution in [-0.4, -0.2) is 55.1 Å². The van der Waals surface area contributed by atoms with Gasteiger partial charge < -0.3 is 10.1 Å². The smallest absolute Gasteiger partial charge is 0.248 e. The molecule has 0 bridgehead atoms. The van der Waals surface area contributed by atoms with E-state index in [1.165, 1.54) is 0 Å². The Morgan fingerprint density at radius 3 is 2.82 bits per heavy atom. The van der Waals surface area contributed by atoms with E-state index in [0.717, 1.165) is 0 Å². The maximum absolute atomic E-state index is 11.9. The normalized spacial score (nSPS) is 21.3. The van der Waals surface area contributed by atoms with Crippen molar-refractivity contribution < 1.29 is 14.3 Å². The SMILES string of the molecule is CC(C)NC(=O)C1COCCN1CC(=O)NN. The molecule has 0 aromatic carbocycles. The van der Waals surface area contributed by atoms with E-state index in [9.17, 15) is 9.59 Å². The van der Waals surface area contributed by atoms with Gasteiger partial charge >= 0.3 is 0 Å². The number of ether oxygens (including phenoxy) is 1. The van der Waals surface area contributed by atoms with Crippen LogP contribution in [0.3, 0.4) is 0 Å². The minimum Gasteiger partial charge on any atom is -0.378 e. The number of rotatable bonds is 4. The van der Waals surface area contributed by atoms with Crippen molar-refractivity contribution in [2.75, 3.05) is 26.3 Å². The summed E-state index contributed by atoms with van der Waals surface area (Å²) in [5.41, 5.74) is 2.06. The average molecular weight is 244 g/mol. The van der Waals surface area contributed by atoms with Gasteiger partial charge in [0.1, 0.15) is 6.04 Å². The van der Waals surface area contributed by atoms with Crippen molar-refractivity contribution in [2.24, 2.45) is 5.84 Å². The van der Waals surface area contributed by atoms with Gasteiger partial charge in [0.2, 0.25) is 11.8 Å². The Morgan fingerprint density at radius 2 is 2.24 bits per heavy atom. The van der Waals surface area contributed by atoms with Crippen molar-refractivity contribution in [2.45, 2.75) is 25.9 Å². The van der Waals surface area contributed by atoms with Gasteiger partial charge in [-0.05, 0) is 13.8 Å². The van der Waals surface area contributed by atoms with E-state index in [-0.39, 0.29) is 24.4 Å². The molecule has 0 spiro atoms. The van der Waals surface area contributed by atoms with Crippen molar-refractivity contribution in [3.05, 3.63) is 0 Å². The van der Waals surface area contributed by atoms with Crippen LogP contribution < -0.4 is 16.6 Å². The van der Waals surface area contributed by atoms with Crippen molar-refractivity contribution in [3.63, 3.8) is 0 Å². The van der Waals surface area contributed by atoms with Gasteiger partial charge in [-0.1, -0.05) is 0 Å². The minimum absolute atomic E-state index is 0.0645. The van der Waals surface area contributed by atoms with Gasteiger partial charge in [0.05, 0.1) is 19.8 Å². The zero-order valence-corrected chi connectivity index (χ0v) is 10.2. The summed E-state index contributed by atoms with van der Waals surface area (Å²) in [5.74, 6) is 4.60. The molecule has 1 saturated heterocycles. The first kappa shape index (κ1) is 13.9. The van der Waals surface area contributed by atoms with Gasteiger partial charge in [-0.25, -0.2) is 5.84 Å². The van der Waals surface area contributed by atoms with Crippen LogP contribution in [0.4, 0.5) is 0 Å². The summed E-state index contributed by atoms with van der Waals surface area (Å²) in [6.07, 6.45) is 0. The molecule has 4 N–H and O–H groups in total. The molecule has 1 fully saturated rings. The molecule has 98 valence electrons. The molecule has 7 heteroatoms. The van der Waals surface area contributed by atoms with Crippen molar-refractivity contribution in [1.29, 1.82) is 0 Å². The molecular formula is C10H20N4O3. The molecule has 7 nitrogen and oxygen atoms in total. The molecule has 1 unspecified atom stereocenters. The largest absolute Gasteiger partial charge is 0.378 e. The number of nitrogens with one attached hydrogen (secondary N) is 2. The summed E-state index contributed by atoms with van der Waals surface area (Å²) in [4.78, 5) is 24.9. The number of morpholine rings is 1. The highest BCUT2D eigenvalue weighted by Gasteiger charge is 2.30. The third-order valence-electron chi connectivity index (χ3n) is 2.48. The Hall–Kier alpha value is -1.18. The molecule has 1 aliphatic rings. The fourth-order valence-electron chi connectivity index (χ4n) is 1.68. The van der Waals surface area contributed by atoms with Gasteiger partial charge in [-0.15, -0.1) is 0 Å². The number of hydrazine groups is 1. The lowest BCUT2D eigenvalue weighted by molar-refractivity contribution is -0.135. The lowest BCUT2D eigenvalue weighted by Crippen LogP contribution is -2.57. The molecular weight excluding hydrogens is 224 g/mol. The first-order chi connectivity index (χ1) is 8.04. The maximum atomic E-state index is 11.9. The van der Waals surface area contributed by atoms with Crippen LogP contribution in [0.25, 0.3) is 0 Å². The second-order valence-electron chi connectivity index (χ2n) is 4.29. The molecule has 1 heterocycles. The van der Waals surface area contributed by atoms with E-state index in [4.69, 9.17) is 10.6 Å². The molecule has 0 radical (unpaired) electrons. The predicted molar refractivity (Wildman–Crippen MR) is 61.8 cm³/mol. The zero-order chi connectivity index (χ0) is 12.8. The van der Waals surface area contributed by atoms with Crippen molar-refractivity contribution >= 4 is 11.8 Å². The molecule has 2 amide bonds. The predicted octanol–water partition coefficient (Wildman–Crippen LogP) is -1.80. The second-order valence-corrected chi connectivity index (χ2v) is 4.29. The van der Waals surface area contributed by atoms with Crippen LogP contribution >= 0.6 is 0 Å². The second kappa shape index (κ2) is 6.53. The van der Waals surface area contributed by atoms with Gasteiger partial charge in [-0.2, -0.15) is 0 Å². The summed E-state index contributed by atoms with van der Waals surface area (Å²) in [6.45, 7) is 5.25. The van der Waals surface area contributed by atoms with E-state index < -0.39 is 6.04 Å². The number of amides is 2. The fourth-order valence-corrected chi connectivity index (χ4v) is 1.68. The highest BCUT2D eigenvalue weighted by atomic mass is 16.5. The molecule has 0 saturated carbocycles. The average Bonchev–Trinajstić information content (AvgIpc) is 2.28. The van der Waals surface area contributed by atoms with Crippen LogP contribution in [0.5, 0.6) is 0 Å². The van der Waals surface area contributed by atoms with Crippen molar-refractivity contribution in [3.8, 4) is 0 Å². The molecule has 0 aliphatic carbocycles. The van der Waals surface area contributed by atoms with E-state index in [1.807, 2.05) is 13.8 Å². The van der Waals surface area contributed by atoms with E-state index in [1.54, 1.807) is 4.90 Å². The number of nitrogens with zero attached hydrogens (tertiary/aromatic N) is 1. The lowest BCUT2D eigenvalue weighted by Gasteiger charge is -2.34. The Morgan fingerprint density at radius 1 is 1.53 bits per heavy atom. The first-order valence-corrected chi connectivity index (χ1v) is 5.66. The quantitative estimate of drug-likeness (QED) is 0.308. The third kappa shape index (κ3) is 4.29. The molecule has 0 aromatic rings. The fraction of sp³-hybridized carbons (Fsp3) is 0.800. The Bertz CT molecular complexity index is 283. The van der Waals surface area contributed by atoms with Gasteiger partial charge in [-0.3, -0.25) is 19.9 Å². The Labute approximate surface area is 101 Å². The molecule has 1 atom stereocenters. The molecule has 17 heavy (non-hydrogen) atoms. The van der Waals surface area contributed by atoms with Gasteiger partial charge in [0.25, 0.3) is 0 Å². The van der Waals surface area contributed by atoms with Crippen molar-refractivity contribution in [1.82, 2.24) is 15.6 Å². The minimum atomic E-state index is -0.427. The standard InChI is InChI=1S/C10H20N4O3/c1-7(2)12-10(16)8-6-17-4-3-14(8)5-9(15)13-11/h7-8H,3-6,11H2,1-2H3,(H,12,16)(H,13,15). The Balaban J connectivity index is 2.58. The number of nitrogens with two attached hydrogens (primary N) is 1. The van der Waals surface area contributed by atoms with E-state index in [0.29, 0.717) is 19.8 Å². The lowest BCUT2D eigenvalue weighted by atomic mass is 10.2. The molecule has 0 aromatic heterocycles. The van der Waals surface area contributed by atoms with Crippen LogP contribution in [0.15, 0.2) is 0 Å². The third-order valence-corrected chi connectivity index (χ3v) is 2.48. The summed E-state index contributed by atoms with van der Waals surface area (Å²) in [5, 5.41) is 2.81. The topological polar surface area (TPSA) is 96.7 Å². The van der Waals surface area contributed by atoms with Crippen LogP contribution in [0, 0.1) is 0 Å². The maximum Gasteiger partial charge on any atom is 0.248 e. The number of hydrogen-bond donors (Lipinski definition) is 3.